The molecule has 112 valence electrons. The highest BCUT2D eigenvalue weighted by Gasteiger charge is 2.35. The van der Waals surface area contributed by atoms with E-state index in [-0.39, 0.29) is 18.0 Å². The molecule has 1 amide bonds. The third kappa shape index (κ3) is 3.35. The van der Waals surface area contributed by atoms with Crippen molar-refractivity contribution in [1.82, 2.24) is 14.8 Å². The smallest absolute Gasteiger partial charge is 0.273 e. The Bertz CT molecular complexity index is 475. The van der Waals surface area contributed by atoms with Crippen LogP contribution in [-0.4, -0.2) is 65.1 Å². The Morgan fingerprint density at radius 1 is 1.70 bits per heavy atom. The van der Waals surface area contributed by atoms with Crippen LogP contribution >= 0.6 is 11.3 Å². The van der Waals surface area contributed by atoms with Gasteiger partial charge in [-0.3, -0.25) is 4.79 Å². The summed E-state index contributed by atoms with van der Waals surface area (Å²) in [6, 6.07) is -0.128. The number of aliphatic hydroxyl groups is 1. The predicted octanol–water partition coefficient (Wildman–Crippen LogP) is 0.300. The van der Waals surface area contributed by atoms with E-state index in [9.17, 15) is 9.90 Å². The fourth-order valence-electron chi connectivity index (χ4n) is 2.48. The van der Waals surface area contributed by atoms with Crippen molar-refractivity contribution in [3.63, 3.8) is 0 Å². The molecule has 0 aliphatic carbocycles. The number of thiazole rings is 1. The largest absolute Gasteiger partial charge is 0.391 e. The van der Waals surface area contributed by atoms with Gasteiger partial charge in [0.05, 0.1) is 12.1 Å². The van der Waals surface area contributed by atoms with Gasteiger partial charge in [-0.15, -0.1) is 11.3 Å². The van der Waals surface area contributed by atoms with E-state index in [2.05, 4.69) is 4.98 Å². The Morgan fingerprint density at radius 3 is 2.95 bits per heavy atom. The maximum Gasteiger partial charge on any atom is 0.273 e. The normalized spacial score (nSPS) is 24.4. The Hall–Kier alpha value is -1.02. The number of carbonyl (C=O) groups is 1. The zero-order valence-corrected chi connectivity index (χ0v) is 12.9. The van der Waals surface area contributed by atoms with Gasteiger partial charge in [0.15, 0.2) is 0 Å². The van der Waals surface area contributed by atoms with Crippen LogP contribution in [0.1, 0.15) is 34.9 Å². The summed E-state index contributed by atoms with van der Waals surface area (Å²) in [5, 5.41) is 12.3. The second kappa shape index (κ2) is 6.17. The number of amides is 1. The highest BCUT2D eigenvalue weighted by molar-refractivity contribution is 7.09. The van der Waals surface area contributed by atoms with Crippen LogP contribution in [0.5, 0.6) is 0 Å². The number of likely N-dealkylation sites (tertiary alicyclic amines) is 1. The molecule has 2 rings (SSSR count). The molecular weight excluding hydrogens is 276 g/mol. The van der Waals surface area contributed by atoms with Crippen LogP contribution in [0.25, 0.3) is 0 Å². The molecule has 1 fully saturated rings. The van der Waals surface area contributed by atoms with Gasteiger partial charge in [0.1, 0.15) is 10.7 Å². The first-order valence-corrected chi connectivity index (χ1v) is 7.61. The zero-order valence-electron chi connectivity index (χ0n) is 12.1. The molecule has 20 heavy (non-hydrogen) atoms. The second-order valence-corrected chi connectivity index (χ2v) is 6.51. The predicted molar refractivity (Wildman–Crippen MR) is 78.7 cm³/mol. The molecule has 0 radical (unpaired) electrons. The van der Waals surface area contributed by atoms with Gasteiger partial charge in [-0.1, -0.05) is 0 Å². The average Bonchev–Trinajstić information content (AvgIpc) is 2.94. The van der Waals surface area contributed by atoms with Crippen LogP contribution in [0.15, 0.2) is 5.38 Å². The minimum absolute atomic E-state index is 0.0351. The molecule has 1 aromatic rings. The number of β-amino-alcohol motifs (C(OH)–C–C–N with tert-alkyl or cyclic N) is 1. The number of carbonyl (C=O) groups excluding carboxylic acids is 1. The lowest BCUT2D eigenvalue weighted by Gasteiger charge is -2.26. The SMILES string of the molecule is CC(N)c1nc(C(=O)N2CC(O)CC2CN(C)C)cs1. The summed E-state index contributed by atoms with van der Waals surface area (Å²) < 4.78 is 0. The first-order valence-electron chi connectivity index (χ1n) is 6.73. The molecule has 1 saturated heterocycles. The maximum absolute atomic E-state index is 12.5. The van der Waals surface area contributed by atoms with Crippen LogP contribution in [0.4, 0.5) is 0 Å². The second-order valence-electron chi connectivity index (χ2n) is 5.62. The summed E-state index contributed by atoms with van der Waals surface area (Å²) in [5.41, 5.74) is 6.20. The summed E-state index contributed by atoms with van der Waals surface area (Å²) in [5.74, 6) is -0.114. The Labute approximate surface area is 123 Å². The van der Waals surface area contributed by atoms with Crippen LogP contribution in [-0.2, 0) is 0 Å². The molecule has 3 atom stereocenters. The van der Waals surface area contributed by atoms with Crippen molar-refractivity contribution in [2.45, 2.75) is 31.5 Å². The zero-order chi connectivity index (χ0) is 14.9. The van der Waals surface area contributed by atoms with Gasteiger partial charge in [0, 0.05) is 24.5 Å². The first-order chi connectivity index (χ1) is 9.38. The third-order valence-electron chi connectivity index (χ3n) is 3.36. The molecule has 3 unspecified atom stereocenters. The number of rotatable bonds is 4. The van der Waals surface area contributed by atoms with Crippen molar-refractivity contribution in [3.8, 4) is 0 Å². The molecule has 3 N–H and O–H groups in total. The van der Waals surface area contributed by atoms with Crippen LogP contribution < -0.4 is 5.73 Å². The standard InChI is InChI=1S/C13H22N4O2S/c1-8(14)12-15-11(7-20-12)13(19)17-6-10(18)4-9(17)5-16(2)3/h7-10,18H,4-6,14H2,1-3H3. The van der Waals surface area contributed by atoms with E-state index in [0.29, 0.717) is 18.7 Å². The summed E-state index contributed by atoms with van der Waals surface area (Å²) in [6.45, 7) is 2.97. The van der Waals surface area contributed by atoms with Gasteiger partial charge >= 0.3 is 0 Å². The number of aromatic nitrogens is 1. The van der Waals surface area contributed by atoms with E-state index in [1.54, 1.807) is 10.3 Å². The summed E-state index contributed by atoms with van der Waals surface area (Å²) in [4.78, 5) is 20.6. The fraction of sp³-hybridized carbons (Fsp3) is 0.692. The molecule has 0 bridgehead atoms. The quantitative estimate of drug-likeness (QED) is 0.835. The van der Waals surface area contributed by atoms with E-state index in [4.69, 9.17) is 5.73 Å². The van der Waals surface area contributed by atoms with Crippen molar-refractivity contribution in [2.24, 2.45) is 5.73 Å². The molecule has 2 heterocycles. The molecular formula is C13H22N4O2S. The Kier molecular flexibility index (Phi) is 4.74. The van der Waals surface area contributed by atoms with E-state index in [1.807, 2.05) is 25.9 Å². The lowest BCUT2D eigenvalue weighted by atomic mass is 10.2. The fourth-order valence-corrected chi connectivity index (χ4v) is 3.23. The van der Waals surface area contributed by atoms with Crippen molar-refractivity contribution in [3.05, 3.63) is 16.1 Å². The number of likely N-dealkylation sites (N-methyl/N-ethyl adjacent to an activating group) is 1. The number of nitrogens with two attached hydrogens (primary N) is 1. The number of aliphatic hydroxyl groups excluding tert-OH is 1. The number of hydrogen-bond donors (Lipinski definition) is 2. The number of hydrogen-bond acceptors (Lipinski definition) is 6. The van der Waals surface area contributed by atoms with Crippen LogP contribution in [0.2, 0.25) is 0 Å². The molecule has 0 spiro atoms. The van der Waals surface area contributed by atoms with Crippen LogP contribution in [0.3, 0.4) is 0 Å². The van der Waals surface area contributed by atoms with Gasteiger partial charge in [0.2, 0.25) is 0 Å². The highest BCUT2D eigenvalue weighted by atomic mass is 32.1. The van der Waals surface area contributed by atoms with Crippen molar-refractivity contribution in [2.75, 3.05) is 27.2 Å². The maximum atomic E-state index is 12.5. The van der Waals surface area contributed by atoms with E-state index in [1.165, 1.54) is 11.3 Å². The van der Waals surface area contributed by atoms with E-state index >= 15 is 0 Å². The van der Waals surface area contributed by atoms with E-state index in [0.717, 1.165) is 11.6 Å². The molecule has 0 aromatic carbocycles. The van der Waals surface area contributed by atoms with Crippen molar-refractivity contribution < 1.29 is 9.90 Å². The lowest BCUT2D eigenvalue weighted by molar-refractivity contribution is 0.0694. The molecule has 0 saturated carbocycles. The van der Waals surface area contributed by atoms with Crippen LogP contribution in [0, 0.1) is 0 Å². The molecule has 1 aromatic heterocycles. The lowest BCUT2D eigenvalue weighted by Crippen LogP contribution is -2.41. The van der Waals surface area contributed by atoms with Gasteiger partial charge in [-0.05, 0) is 27.4 Å². The Balaban J connectivity index is 2.13. The summed E-state index contributed by atoms with van der Waals surface area (Å²) in [7, 11) is 3.93. The molecule has 1 aliphatic rings. The monoisotopic (exact) mass is 298 g/mol. The average molecular weight is 298 g/mol. The minimum Gasteiger partial charge on any atom is -0.391 e. The van der Waals surface area contributed by atoms with Gasteiger partial charge in [0.25, 0.3) is 5.91 Å². The molecule has 7 heteroatoms. The van der Waals surface area contributed by atoms with Crippen molar-refractivity contribution >= 4 is 17.2 Å². The highest BCUT2D eigenvalue weighted by Crippen LogP contribution is 2.23. The van der Waals surface area contributed by atoms with E-state index < -0.39 is 6.10 Å². The minimum atomic E-state index is -0.449. The summed E-state index contributed by atoms with van der Waals surface area (Å²) >= 11 is 1.40. The van der Waals surface area contributed by atoms with Gasteiger partial charge in [-0.2, -0.15) is 0 Å². The Morgan fingerprint density at radius 2 is 2.40 bits per heavy atom. The van der Waals surface area contributed by atoms with Crippen molar-refractivity contribution in [1.29, 1.82) is 0 Å². The topological polar surface area (TPSA) is 82.7 Å². The van der Waals surface area contributed by atoms with Gasteiger partial charge in [-0.25, -0.2) is 4.98 Å². The third-order valence-corrected chi connectivity index (χ3v) is 4.41. The molecule has 6 nitrogen and oxygen atoms in total. The molecule has 1 aliphatic heterocycles. The number of nitrogens with zero attached hydrogens (tertiary/aromatic N) is 3. The van der Waals surface area contributed by atoms with Gasteiger partial charge < -0.3 is 20.6 Å². The first kappa shape index (κ1) is 15.4. The summed E-state index contributed by atoms with van der Waals surface area (Å²) in [6.07, 6.45) is 0.171.